The lowest BCUT2D eigenvalue weighted by molar-refractivity contribution is 0.0467. The number of hydrogen-bond acceptors (Lipinski definition) is 2. The average Bonchev–Trinajstić information content (AvgIpc) is 2.37. The molecule has 21 heavy (non-hydrogen) atoms. The molecular weight excluding hydrogens is 256 g/mol. The first-order valence-electron chi connectivity index (χ1n) is 9.19. The van der Waals surface area contributed by atoms with Crippen molar-refractivity contribution in [2.24, 2.45) is 17.3 Å². The van der Waals surface area contributed by atoms with Crippen molar-refractivity contribution < 1.29 is 0 Å². The molecule has 0 heterocycles. The van der Waals surface area contributed by atoms with E-state index in [-0.39, 0.29) is 0 Å². The fourth-order valence-corrected chi connectivity index (χ4v) is 3.88. The van der Waals surface area contributed by atoms with Gasteiger partial charge in [0.15, 0.2) is 0 Å². The van der Waals surface area contributed by atoms with Gasteiger partial charge in [-0.3, -0.25) is 4.90 Å². The summed E-state index contributed by atoms with van der Waals surface area (Å²) >= 11 is 0. The smallest absolute Gasteiger partial charge is 0.0271 e. The van der Waals surface area contributed by atoms with Gasteiger partial charge in [0.2, 0.25) is 0 Å². The Labute approximate surface area is 134 Å². The third kappa shape index (κ3) is 5.90. The molecule has 0 radical (unpaired) electrons. The summed E-state index contributed by atoms with van der Waals surface area (Å²) in [4.78, 5) is 2.81. The van der Waals surface area contributed by atoms with Crippen molar-refractivity contribution in [2.75, 3.05) is 20.1 Å². The highest BCUT2D eigenvalue weighted by molar-refractivity contribution is 4.97. The largest absolute Gasteiger partial charge is 0.315 e. The first-order chi connectivity index (χ1) is 9.77. The van der Waals surface area contributed by atoms with Crippen LogP contribution in [0.3, 0.4) is 0 Å². The minimum absolute atomic E-state index is 0.422. The van der Waals surface area contributed by atoms with E-state index in [0.29, 0.717) is 11.5 Å². The van der Waals surface area contributed by atoms with Crippen LogP contribution in [0.15, 0.2) is 0 Å². The Morgan fingerprint density at radius 3 is 2.00 bits per heavy atom. The normalized spacial score (nSPS) is 26.0. The predicted octanol–water partition coefficient (Wildman–Crippen LogP) is 4.55. The number of rotatable bonds is 8. The maximum absolute atomic E-state index is 3.66. The van der Waals surface area contributed by atoms with Gasteiger partial charge in [0.1, 0.15) is 0 Å². The quantitative estimate of drug-likeness (QED) is 0.707. The standard InChI is InChI=1S/C19H40N2/c1-15(2)10-13-21(14-11-16(3)4)17-9-8-12-19(5,6)18(17)20-7/h15-18,20H,8-14H2,1-7H3. The van der Waals surface area contributed by atoms with E-state index in [1.165, 1.54) is 45.2 Å². The highest BCUT2D eigenvalue weighted by Crippen LogP contribution is 2.38. The van der Waals surface area contributed by atoms with Gasteiger partial charge in [-0.15, -0.1) is 0 Å². The van der Waals surface area contributed by atoms with E-state index in [0.717, 1.165) is 17.9 Å². The van der Waals surface area contributed by atoms with Crippen LogP contribution < -0.4 is 5.32 Å². The summed E-state index contributed by atoms with van der Waals surface area (Å²) in [5.41, 5.74) is 0.422. The lowest BCUT2D eigenvalue weighted by Crippen LogP contribution is -2.58. The zero-order valence-electron chi connectivity index (χ0n) is 15.7. The molecule has 1 rings (SSSR count). The minimum Gasteiger partial charge on any atom is -0.315 e. The average molecular weight is 297 g/mol. The molecular formula is C19H40N2. The Morgan fingerprint density at radius 1 is 1.05 bits per heavy atom. The molecule has 0 aromatic carbocycles. The number of hydrogen-bond donors (Lipinski definition) is 1. The van der Waals surface area contributed by atoms with E-state index in [1.807, 2.05) is 0 Å². The van der Waals surface area contributed by atoms with Gasteiger partial charge in [0.05, 0.1) is 0 Å². The van der Waals surface area contributed by atoms with Crippen LogP contribution in [-0.2, 0) is 0 Å². The first-order valence-corrected chi connectivity index (χ1v) is 9.19. The molecule has 1 aliphatic rings. The van der Waals surface area contributed by atoms with Crippen molar-refractivity contribution in [1.29, 1.82) is 0 Å². The zero-order valence-corrected chi connectivity index (χ0v) is 15.7. The van der Waals surface area contributed by atoms with Crippen LogP contribution in [0.25, 0.3) is 0 Å². The molecule has 0 spiro atoms. The van der Waals surface area contributed by atoms with Gasteiger partial charge < -0.3 is 5.32 Å². The molecule has 126 valence electrons. The second-order valence-electron chi connectivity index (χ2n) is 8.62. The minimum atomic E-state index is 0.422. The number of likely N-dealkylation sites (N-methyl/N-ethyl adjacent to an activating group) is 1. The number of nitrogens with one attached hydrogen (secondary N) is 1. The van der Waals surface area contributed by atoms with Crippen LogP contribution in [0.4, 0.5) is 0 Å². The molecule has 0 amide bonds. The van der Waals surface area contributed by atoms with Crippen LogP contribution in [0.2, 0.25) is 0 Å². The van der Waals surface area contributed by atoms with E-state index in [4.69, 9.17) is 0 Å². The highest BCUT2D eigenvalue weighted by atomic mass is 15.2. The Bertz CT molecular complexity index is 271. The van der Waals surface area contributed by atoms with Crippen molar-refractivity contribution in [2.45, 2.75) is 85.7 Å². The van der Waals surface area contributed by atoms with Crippen LogP contribution in [-0.4, -0.2) is 37.1 Å². The molecule has 0 aromatic heterocycles. The molecule has 0 saturated heterocycles. The third-order valence-corrected chi connectivity index (χ3v) is 5.32. The lowest BCUT2D eigenvalue weighted by atomic mass is 9.70. The van der Waals surface area contributed by atoms with Gasteiger partial charge in [-0.05, 0) is 63.1 Å². The summed E-state index contributed by atoms with van der Waals surface area (Å²) in [7, 11) is 2.16. The predicted molar refractivity (Wildman–Crippen MR) is 94.8 cm³/mol. The van der Waals surface area contributed by atoms with Crippen molar-refractivity contribution >= 4 is 0 Å². The van der Waals surface area contributed by atoms with Crippen LogP contribution in [0.1, 0.15) is 73.6 Å². The SMILES string of the molecule is CNC1C(N(CCC(C)C)CCC(C)C)CCCC1(C)C. The van der Waals surface area contributed by atoms with Gasteiger partial charge in [0, 0.05) is 12.1 Å². The van der Waals surface area contributed by atoms with E-state index in [2.05, 4.69) is 58.8 Å². The Kier molecular flexibility index (Phi) is 7.70. The summed E-state index contributed by atoms with van der Waals surface area (Å²) in [6, 6.07) is 1.35. The molecule has 2 nitrogen and oxygen atoms in total. The molecule has 2 unspecified atom stereocenters. The monoisotopic (exact) mass is 296 g/mol. The fourth-order valence-electron chi connectivity index (χ4n) is 3.88. The molecule has 1 aliphatic carbocycles. The van der Waals surface area contributed by atoms with Gasteiger partial charge in [0.25, 0.3) is 0 Å². The second kappa shape index (κ2) is 8.53. The van der Waals surface area contributed by atoms with E-state index < -0.39 is 0 Å². The third-order valence-electron chi connectivity index (χ3n) is 5.32. The summed E-state index contributed by atoms with van der Waals surface area (Å²) in [5.74, 6) is 1.60. The van der Waals surface area contributed by atoms with E-state index in [9.17, 15) is 0 Å². The van der Waals surface area contributed by atoms with Gasteiger partial charge in [-0.25, -0.2) is 0 Å². The van der Waals surface area contributed by atoms with Gasteiger partial charge in [-0.1, -0.05) is 48.0 Å². The van der Waals surface area contributed by atoms with E-state index >= 15 is 0 Å². The number of nitrogens with zero attached hydrogens (tertiary/aromatic N) is 1. The van der Waals surface area contributed by atoms with Crippen LogP contribution in [0.5, 0.6) is 0 Å². The summed E-state index contributed by atoms with van der Waals surface area (Å²) in [6.45, 7) is 16.8. The van der Waals surface area contributed by atoms with Crippen molar-refractivity contribution in [3.63, 3.8) is 0 Å². The maximum atomic E-state index is 3.66. The summed E-state index contributed by atoms with van der Waals surface area (Å²) < 4.78 is 0. The van der Waals surface area contributed by atoms with Crippen LogP contribution >= 0.6 is 0 Å². The topological polar surface area (TPSA) is 15.3 Å². The molecule has 1 saturated carbocycles. The highest BCUT2D eigenvalue weighted by Gasteiger charge is 2.40. The van der Waals surface area contributed by atoms with Crippen LogP contribution in [0, 0.1) is 17.3 Å². The van der Waals surface area contributed by atoms with Gasteiger partial charge >= 0.3 is 0 Å². The molecule has 1 fully saturated rings. The summed E-state index contributed by atoms with van der Waals surface area (Å²) in [6.07, 6.45) is 6.76. The Morgan fingerprint density at radius 2 is 1.57 bits per heavy atom. The fraction of sp³-hybridized carbons (Fsp3) is 1.00. The first kappa shape index (κ1) is 19.0. The molecule has 2 atom stereocenters. The van der Waals surface area contributed by atoms with Gasteiger partial charge in [-0.2, -0.15) is 0 Å². The second-order valence-corrected chi connectivity index (χ2v) is 8.62. The van der Waals surface area contributed by atoms with Crippen molar-refractivity contribution in [1.82, 2.24) is 10.2 Å². The van der Waals surface area contributed by atoms with Crippen molar-refractivity contribution in [3.8, 4) is 0 Å². The molecule has 0 aromatic rings. The Balaban J connectivity index is 2.77. The molecule has 2 heteroatoms. The van der Waals surface area contributed by atoms with E-state index in [1.54, 1.807) is 0 Å². The van der Waals surface area contributed by atoms with Crippen molar-refractivity contribution in [3.05, 3.63) is 0 Å². The lowest BCUT2D eigenvalue weighted by Gasteiger charge is -2.48. The zero-order chi connectivity index (χ0) is 16.0. The Hall–Kier alpha value is -0.0800. The molecule has 1 N–H and O–H groups in total. The maximum Gasteiger partial charge on any atom is 0.0271 e. The molecule has 0 aliphatic heterocycles. The molecule has 0 bridgehead atoms. The summed E-state index contributed by atoms with van der Waals surface area (Å²) in [5, 5.41) is 3.66.